The summed E-state index contributed by atoms with van der Waals surface area (Å²) in [6, 6.07) is 16.9. The molecule has 3 rings (SSSR count). The molecule has 0 fully saturated rings. The van der Waals surface area contributed by atoms with Gasteiger partial charge in [0.1, 0.15) is 5.69 Å². The molecule has 0 aliphatic heterocycles. The molecule has 0 bridgehead atoms. The molecule has 100 valence electrons. The highest BCUT2D eigenvalue weighted by atomic mass is 35.5. The number of carboxylic acid groups (broad SMARTS) is 1. The van der Waals surface area contributed by atoms with E-state index in [0.717, 1.165) is 16.5 Å². The average Bonchev–Trinajstić information content (AvgIpc) is 2.78. The van der Waals surface area contributed by atoms with E-state index in [1.807, 2.05) is 36.4 Å². The summed E-state index contributed by atoms with van der Waals surface area (Å²) in [5.41, 5.74) is 2.20. The van der Waals surface area contributed by atoms with Crippen LogP contribution in [0, 0.1) is 0 Å². The fourth-order valence-electron chi connectivity index (χ4n) is 2.36. The van der Waals surface area contributed by atoms with Gasteiger partial charge < -0.3 is 9.67 Å². The Morgan fingerprint density at radius 1 is 1.10 bits per heavy atom. The van der Waals surface area contributed by atoms with E-state index in [2.05, 4.69) is 0 Å². The van der Waals surface area contributed by atoms with E-state index in [4.69, 9.17) is 11.6 Å². The fourth-order valence-corrected chi connectivity index (χ4v) is 2.54. The lowest BCUT2D eigenvalue weighted by Gasteiger charge is -2.08. The van der Waals surface area contributed by atoms with E-state index >= 15 is 0 Å². The molecular weight excluding hydrogens is 274 g/mol. The van der Waals surface area contributed by atoms with Gasteiger partial charge in [-0.1, -0.05) is 41.9 Å². The molecular formula is C16H12ClNO2. The summed E-state index contributed by atoms with van der Waals surface area (Å²) in [6.07, 6.45) is 0. The van der Waals surface area contributed by atoms with Crippen LogP contribution in [0.2, 0.25) is 5.02 Å². The van der Waals surface area contributed by atoms with Gasteiger partial charge in [0, 0.05) is 22.5 Å². The molecule has 0 unspecified atom stereocenters. The van der Waals surface area contributed by atoms with Crippen LogP contribution in [0.4, 0.5) is 0 Å². The van der Waals surface area contributed by atoms with Crippen LogP contribution in [0.5, 0.6) is 0 Å². The number of aromatic nitrogens is 1. The van der Waals surface area contributed by atoms with Crippen molar-refractivity contribution in [1.29, 1.82) is 0 Å². The van der Waals surface area contributed by atoms with E-state index in [1.54, 1.807) is 22.8 Å². The zero-order chi connectivity index (χ0) is 14.1. The number of fused-ring (bicyclic) bond motifs is 1. The van der Waals surface area contributed by atoms with Crippen molar-refractivity contribution >= 4 is 28.5 Å². The topological polar surface area (TPSA) is 42.2 Å². The first-order chi connectivity index (χ1) is 9.65. The Labute approximate surface area is 121 Å². The smallest absolute Gasteiger partial charge is 0.352 e. The zero-order valence-corrected chi connectivity index (χ0v) is 11.3. The van der Waals surface area contributed by atoms with E-state index in [-0.39, 0.29) is 5.69 Å². The predicted molar refractivity (Wildman–Crippen MR) is 79.5 cm³/mol. The lowest BCUT2D eigenvalue weighted by Crippen LogP contribution is -2.09. The van der Waals surface area contributed by atoms with Gasteiger partial charge in [0.25, 0.3) is 0 Å². The maximum absolute atomic E-state index is 11.4. The quantitative estimate of drug-likeness (QED) is 0.789. The SMILES string of the molecule is O=C(O)c1cc2cc(Cl)ccc2n1Cc1ccccc1. The molecule has 3 nitrogen and oxygen atoms in total. The van der Waals surface area contributed by atoms with Gasteiger partial charge in [-0.25, -0.2) is 4.79 Å². The average molecular weight is 286 g/mol. The highest BCUT2D eigenvalue weighted by molar-refractivity contribution is 6.31. The van der Waals surface area contributed by atoms with Crippen molar-refractivity contribution in [1.82, 2.24) is 4.57 Å². The molecule has 0 aliphatic rings. The zero-order valence-electron chi connectivity index (χ0n) is 10.6. The molecule has 3 aromatic rings. The maximum Gasteiger partial charge on any atom is 0.352 e. The Morgan fingerprint density at radius 3 is 2.55 bits per heavy atom. The first kappa shape index (κ1) is 12.8. The van der Waals surface area contributed by atoms with Crippen LogP contribution in [-0.4, -0.2) is 15.6 Å². The van der Waals surface area contributed by atoms with Crippen LogP contribution < -0.4 is 0 Å². The minimum absolute atomic E-state index is 0.270. The van der Waals surface area contributed by atoms with E-state index in [0.29, 0.717) is 11.6 Å². The first-order valence-corrected chi connectivity index (χ1v) is 6.59. The Morgan fingerprint density at radius 2 is 1.85 bits per heavy atom. The molecule has 2 aromatic carbocycles. The number of benzene rings is 2. The van der Waals surface area contributed by atoms with Crippen molar-refractivity contribution in [3.8, 4) is 0 Å². The molecule has 0 aliphatic carbocycles. The molecule has 1 heterocycles. The molecule has 0 amide bonds. The predicted octanol–water partition coefficient (Wildman–Crippen LogP) is 4.04. The third-order valence-electron chi connectivity index (χ3n) is 3.27. The van der Waals surface area contributed by atoms with Crippen molar-refractivity contribution in [2.24, 2.45) is 0 Å². The lowest BCUT2D eigenvalue weighted by atomic mass is 10.2. The van der Waals surface area contributed by atoms with Crippen molar-refractivity contribution in [2.45, 2.75) is 6.54 Å². The summed E-state index contributed by atoms with van der Waals surface area (Å²) in [4.78, 5) is 11.4. The minimum Gasteiger partial charge on any atom is -0.477 e. The fraction of sp³-hybridized carbons (Fsp3) is 0.0625. The maximum atomic E-state index is 11.4. The summed E-state index contributed by atoms with van der Waals surface area (Å²) in [7, 11) is 0. The second-order valence-corrected chi connectivity index (χ2v) is 5.05. The highest BCUT2D eigenvalue weighted by Crippen LogP contribution is 2.24. The highest BCUT2D eigenvalue weighted by Gasteiger charge is 2.14. The number of nitrogens with zero attached hydrogens (tertiary/aromatic N) is 1. The number of hydrogen-bond donors (Lipinski definition) is 1. The summed E-state index contributed by atoms with van der Waals surface area (Å²) in [5.74, 6) is -0.937. The number of carboxylic acids is 1. The molecule has 0 spiro atoms. The Hall–Kier alpha value is -2.26. The summed E-state index contributed by atoms with van der Waals surface area (Å²) >= 11 is 5.96. The van der Waals surface area contributed by atoms with Gasteiger partial charge >= 0.3 is 5.97 Å². The van der Waals surface area contributed by atoms with Gasteiger partial charge in [0.2, 0.25) is 0 Å². The van der Waals surface area contributed by atoms with Crippen LogP contribution >= 0.6 is 11.6 Å². The molecule has 20 heavy (non-hydrogen) atoms. The van der Waals surface area contributed by atoms with Crippen LogP contribution in [-0.2, 0) is 6.54 Å². The third-order valence-corrected chi connectivity index (χ3v) is 3.50. The largest absolute Gasteiger partial charge is 0.477 e. The minimum atomic E-state index is -0.937. The number of hydrogen-bond acceptors (Lipinski definition) is 1. The normalized spacial score (nSPS) is 10.8. The van der Waals surface area contributed by atoms with E-state index < -0.39 is 5.97 Å². The van der Waals surface area contributed by atoms with Gasteiger partial charge in [-0.2, -0.15) is 0 Å². The Balaban J connectivity index is 2.16. The lowest BCUT2D eigenvalue weighted by molar-refractivity contribution is 0.0686. The standard InChI is InChI=1S/C16H12ClNO2/c17-13-6-7-14-12(8-13)9-15(16(19)20)18(14)10-11-4-2-1-3-5-11/h1-9H,10H2,(H,19,20). The summed E-state index contributed by atoms with van der Waals surface area (Å²) < 4.78 is 1.79. The van der Waals surface area contributed by atoms with Crippen molar-refractivity contribution in [3.63, 3.8) is 0 Å². The van der Waals surface area contributed by atoms with Gasteiger partial charge in [0.05, 0.1) is 0 Å². The van der Waals surface area contributed by atoms with Gasteiger partial charge in [-0.3, -0.25) is 0 Å². The van der Waals surface area contributed by atoms with E-state index in [1.165, 1.54) is 0 Å². The van der Waals surface area contributed by atoms with E-state index in [9.17, 15) is 9.90 Å². The number of rotatable bonds is 3. The molecule has 0 saturated carbocycles. The van der Waals surface area contributed by atoms with Crippen LogP contribution in [0.1, 0.15) is 16.1 Å². The number of carbonyl (C=O) groups is 1. The monoisotopic (exact) mass is 285 g/mol. The van der Waals surface area contributed by atoms with Crippen LogP contribution in [0.15, 0.2) is 54.6 Å². The van der Waals surface area contributed by atoms with Crippen molar-refractivity contribution < 1.29 is 9.90 Å². The molecule has 4 heteroatoms. The summed E-state index contributed by atoms with van der Waals surface area (Å²) in [6.45, 7) is 0.521. The molecule has 0 saturated heterocycles. The number of aromatic carboxylic acids is 1. The van der Waals surface area contributed by atoms with Crippen LogP contribution in [0.25, 0.3) is 10.9 Å². The van der Waals surface area contributed by atoms with Gasteiger partial charge in [-0.05, 0) is 29.8 Å². The Kier molecular flexibility index (Phi) is 3.20. The first-order valence-electron chi connectivity index (χ1n) is 6.21. The molecule has 1 N–H and O–H groups in total. The second-order valence-electron chi connectivity index (χ2n) is 4.61. The molecule has 0 atom stereocenters. The van der Waals surface area contributed by atoms with Gasteiger partial charge in [0.15, 0.2) is 0 Å². The Bertz CT molecular complexity index is 778. The number of halogens is 1. The molecule has 0 radical (unpaired) electrons. The van der Waals surface area contributed by atoms with Gasteiger partial charge in [-0.15, -0.1) is 0 Å². The molecule has 1 aromatic heterocycles. The van der Waals surface area contributed by atoms with Crippen molar-refractivity contribution in [2.75, 3.05) is 0 Å². The second kappa shape index (κ2) is 5.02. The third kappa shape index (κ3) is 2.28. The van der Waals surface area contributed by atoms with Crippen molar-refractivity contribution in [3.05, 3.63) is 70.9 Å². The summed E-state index contributed by atoms with van der Waals surface area (Å²) in [5, 5.41) is 10.8. The van der Waals surface area contributed by atoms with Crippen LogP contribution in [0.3, 0.4) is 0 Å².